The molecular weight excluding hydrogens is 226 g/mol. The molecule has 0 radical (unpaired) electrons. The van der Waals surface area contributed by atoms with Crippen molar-refractivity contribution in [2.75, 3.05) is 18.6 Å². The average Bonchev–Trinajstić information content (AvgIpc) is 2.36. The Morgan fingerprint density at radius 1 is 1.73 bits per heavy atom. The van der Waals surface area contributed by atoms with Crippen molar-refractivity contribution in [3.05, 3.63) is 15.9 Å². The quantitative estimate of drug-likeness (QED) is 0.473. The first kappa shape index (κ1) is 8.99. The Morgan fingerprint density at radius 2 is 2.45 bits per heavy atom. The van der Waals surface area contributed by atoms with Crippen LogP contribution in [0, 0.1) is 0 Å². The van der Waals surface area contributed by atoms with Crippen LogP contribution < -0.4 is 16.2 Å². The first-order chi connectivity index (χ1) is 5.24. The molecule has 0 spiro atoms. The molecule has 0 atom stereocenters. The molecule has 1 heterocycles. The van der Waals surface area contributed by atoms with Crippen molar-refractivity contribution in [3.63, 3.8) is 0 Å². The normalized spacial score (nSPS) is 10.1. The summed E-state index contributed by atoms with van der Waals surface area (Å²) >= 11 is 5.07. The number of rotatable bonds is 3. The standard InChI is InChI=1S/C6H10BrN3S/c1-10(4-9-8)6-3-2-5(7)11-6/h2-3,9H,4,8H2,1H3. The summed E-state index contributed by atoms with van der Waals surface area (Å²) < 4.78 is 1.14. The van der Waals surface area contributed by atoms with Gasteiger partial charge in [0.25, 0.3) is 0 Å². The van der Waals surface area contributed by atoms with Crippen LogP contribution in [0.15, 0.2) is 15.9 Å². The number of nitrogens with zero attached hydrogens (tertiary/aromatic N) is 1. The van der Waals surface area contributed by atoms with Gasteiger partial charge in [0.05, 0.1) is 15.5 Å². The van der Waals surface area contributed by atoms with Crippen LogP contribution in [-0.2, 0) is 0 Å². The molecule has 62 valence electrons. The topological polar surface area (TPSA) is 41.3 Å². The zero-order valence-electron chi connectivity index (χ0n) is 6.17. The van der Waals surface area contributed by atoms with Crippen LogP contribution in [0.3, 0.4) is 0 Å². The van der Waals surface area contributed by atoms with Gasteiger partial charge in [0.15, 0.2) is 0 Å². The van der Waals surface area contributed by atoms with Gasteiger partial charge in [-0.2, -0.15) is 0 Å². The Labute approximate surface area is 78.3 Å². The molecule has 0 aromatic carbocycles. The van der Waals surface area contributed by atoms with Crippen molar-refractivity contribution in [2.24, 2.45) is 5.84 Å². The van der Waals surface area contributed by atoms with Crippen LogP contribution in [0.25, 0.3) is 0 Å². The fraction of sp³-hybridized carbons (Fsp3) is 0.333. The highest BCUT2D eigenvalue weighted by Crippen LogP contribution is 2.28. The molecule has 0 aliphatic carbocycles. The van der Waals surface area contributed by atoms with E-state index in [1.807, 2.05) is 24.1 Å². The summed E-state index contributed by atoms with van der Waals surface area (Å²) in [6.45, 7) is 0.660. The third kappa shape index (κ3) is 2.44. The molecule has 3 N–H and O–H groups in total. The highest BCUT2D eigenvalue weighted by Gasteiger charge is 2.01. The monoisotopic (exact) mass is 235 g/mol. The number of thiophene rings is 1. The van der Waals surface area contributed by atoms with Gasteiger partial charge in [-0.15, -0.1) is 11.3 Å². The van der Waals surface area contributed by atoms with E-state index >= 15 is 0 Å². The first-order valence-electron chi connectivity index (χ1n) is 3.14. The minimum atomic E-state index is 0.660. The molecular formula is C6H10BrN3S. The Morgan fingerprint density at radius 3 is 2.91 bits per heavy atom. The van der Waals surface area contributed by atoms with E-state index in [9.17, 15) is 0 Å². The highest BCUT2D eigenvalue weighted by molar-refractivity contribution is 9.11. The van der Waals surface area contributed by atoms with Crippen molar-refractivity contribution < 1.29 is 0 Å². The second kappa shape index (κ2) is 4.06. The van der Waals surface area contributed by atoms with E-state index in [0.717, 1.165) is 3.79 Å². The fourth-order valence-corrected chi connectivity index (χ4v) is 2.05. The summed E-state index contributed by atoms with van der Waals surface area (Å²) in [5.74, 6) is 5.17. The molecule has 0 aliphatic rings. The number of hydrogen-bond acceptors (Lipinski definition) is 4. The lowest BCUT2D eigenvalue weighted by atomic mass is 10.6. The first-order valence-corrected chi connectivity index (χ1v) is 4.75. The Hall–Kier alpha value is -0.100. The van der Waals surface area contributed by atoms with E-state index < -0.39 is 0 Å². The molecule has 1 rings (SSSR count). The largest absolute Gasteiger partial charge is 0.352 e. The number of anilines is 1. The van der Waals surface area contributed by atoms with Gasteiger partial charge in [0.2, 0.25) is 0 Å². The summed E-state index contributed by atoms with van der Waals surface area (Å²) in [4.78, 5) is 2.04. The van der Waals surface area contributed by atoms with Crippen molar-refractivity contribution >= 4 is 32.3 Å². The number of nitrogens with one attached hydrogen (secondary N) is 1. The van der Waals surface area contributed by atoms with E-state index in [1.165, 1.54) is 5.00 Å². The van der Waals surface area contributed by atoms with Crippen molar-refractivity contribution in [3.8, 4) is 0 Å². The molecule has 3 nitrogen and oxygen atoms in total. The number of hydrogen-bond donors (Lipinski definition) is 2. The Kier molecular flexibility index (Phi) is 3.32. The predicted octanol–water partition coefficient (Wildman–Crippen LogP) is 1.37. The van der Waals surface area contributed by atoms with E-state index in [-0.39, 0.29) is 0 Å². The maximum Gasteiger partial charge on any atom is 0.0928 e. The fourth-order valence-electron chi connectivity index (χ4n) is 0.725. The zero-order chi connectivity index (χ0) is 8.27. The van der Waals surface area contributed by atoms with Crippen molar-refractivity contribution in [1.29, 1.82) is 0 Å². The number of nitrogens with two attached hydrogens (primary N) is 1. The molecule has 1 aromatic heterocycles. The van der Waals surface area contributed by atoms with Crippen LogP contribution in [0.1, 0.15) is 0 Å². The van der Waals surface area contributed by atoms with E-state index in [1.54, 1.807) is 11.3 Å². The minimum Gasteiger partial charge on any atom is -0.352 e. The Bertz CT molecular complexity index is 225. The van der Waals surface area contributed by atoms with Gasteiger partial charge in [0.1, 0.15) is 0 Å². The number of halogens is 1. The SMILES string of the molecule is CN(CNN)c1ccc(Br)s1. The van der Waals surface area contributed by atoms with Gasteiger partial charge in [-0.3, -0.25) is 5.84 Å². The van der Waals surface area contributed by atoms with Gasteiger partial charge in [0, 0.05) is 7.05 Å². The maximum atomic E-state index is 5.17. The third-order valence-corrected chi connectivity index (χ3v) is 3.00. The van der Waals surface area contributed by atoms with Gasteiger partial charge in [-0.05, 0) is 28.1 Å². The maximum absolute atomic E-state index is 5.17. The second-order valence-corrected chi connectivity index (χ2v) is 4.58. The zero-order valence-corrected chi connectivity index (χ0v) is 8.58. The van der Waals surface area contributed by atoms with Crippen LogP contribution in [0.2, 0.25) is 0 Å². The highest BCUT2D eigenvalue weighted by atomic mass is 79.9. The minimum absolute atomic E-state index is 0.660. The number of hydrazine groups is 1. The van der Waals surface area contributed by atoms with Crippen LogP contribution in [0.4, 0.5) is 5.00 Å². The van der Waals surface area contributed by atoms with Gasteiger partial charge in [-0.1, -0.05) is 0 Å². The predicted molar refractivity (Wildman–Crippen MR) is 52.6 cm³/mol. The van der Waals surface area contributed by atoms with Crippen LogP contribution in [0.5, 0.6) is 0 Å². The van der Waals surface area contributed by atoms with Crippen molar-refractivity contribution in [1.82, 2.24) is 5.43 Å². The summed E-state index contributed by atoms with van der Waals surface area (Å²) in [6.07, 6.45) is 0. The van der Waals surface area contributed by atoms with Crippen LogP contribution in [-0.4, -0.2) is 13.7 Å². The molecule has 0 saturated heterocycles. The lowest BCUT2D eigenvalue weighted by Gasteiger charge is -2.15. The smallest absolute Gasteiger partial charge is 0.0928 e. The average molecular weight is 236 g/mol. The lowest BCUT2D eigenvalue weighted by Crippen LogP contribution is -2.34. The molecule has 1 aromatic rings. The van der Waals surface area contributed by atoms with Gasteiger partial charge < -0.3 is 4.90 Å². The summed E-state index contributed by atoms with van der Waals surface area (Å²) in [5.41, 5.74) is 2.59. The van der Waals surface area contributed by atoms with E-state index in [4.69, 9.17) is 5.84 Å². The molecule has 0 aliphatic heterocycles. The molecule has 11 heavy (non-hydrogen) atoms. The van der Waals surface area contributed by atoms with Gasteiger partial charge >= 0.3 is 0 Å². The summed E-state index contributed by atoms with van der Waals surface area (Å²) in [7, 11) is 1.98. The molecule has 0 unspecified atom stereocenters. The molecule has 0 bridgehead atoms. The molecule has 5 heteroatoms. The van der Waals surface area contributed by atoms with E-state index in [2.05, 4.69) is 21.4 Å². The summed E-state index contributed by atoms with van der Waals surface area (Å²) in [6, 6.07) is 4.07. The molecule has 0 amide bonds. The second-order valence-electron chi connectivity index (χ2n) is 2.14. The lowest BCUT2D eigenvalue weighted by molar-refractivity contribution is 0.721. The summed E-state index contributed by atoms with van der Waals surface area (Å²) in [5, 5.41) is 1.19. The third-order valence-electron chi connectivity index (χ3n) is 1.26. The van der Waals surface area contributed by atoms with E-state index in [0.29, 0.717) is 6.67 Å². The Balaban J connectivity index is 2.60. The van der Waals surface area contributed by atoms with Crippen LogP contribution >= 0.6 is 27.3 Å². The van der Waals surface area contributed by atoms with Gasteiger partial charge in [-0.25, -0.2) is 5.43 Å². The van der Waals surface area contributed by atoms with Crippen molar-refractivity contribution in [2.45, 2.75) is 0 Å². The molecule has 0 fully saturated rings. The molecule has 0 saturated carbocycles.